The molecule has 0 fully saturated rings. The highest BCUT2D eigenvalue weighted by molar-refractivity contribution is 5.63. The summed E-state index contributed by atoms with van der Waals surface area (Å²) in [7, 11) is 0. The van der Waals surface area contributed by atoms with E-state index < -0.39 is 0 Å². The average Bonchev–Trinajstić information content (AvgIpc) is 2.61. The van der Waals surface area contributed by atoms with Crippen LogP contribution in [0.1, 0.15) is 42.4 Å². The third-order valence-electron chi connectivity index (χ3n) is 2.89. The smallest absolute Gasteiger partial charge is 0.0178 e. The van der Waals surface area contributed by atoms with Gasteiger partial charge < -0.3 is 5.73 Å². The second-order valence-electron chi connectivity index (χ2n) is 3.92. The molecule has 0 spiro atoms. The van der Waals surface area contributed by atoms with E-state index in [2.05, 4.69) is 37.3 Å². The third kappa shape index (κ3) is 1.60. The van der Waals surface area contributed by atoms with Crippen LogP contribution in [0.3, 0.4) is 0 Å². The van der Waals surface area contributed by atoms with Crippen molar-refractivity contribution in [3.8, 4) is 0 Å². The van der Waals surface area contributed by atoms with Crippen LogP contribution < -0.4 is 5.73 Å². The zero-order valence-electron chi connectivity index (χ0n) is 8.66. The SMILES string of the molecule is CCCC1C=Cc2cc(CN)ccc21. The number of hydrogen-bond donors (Lipinski definition) is 1. The van der Waals surface area contributed by atoms with Crippen LogP contribution in [-0.2, 0) is 6.54 Å². The molecule has 2 rings (SSSR count). The molecular weight excluding hydrogens is 170 g/mol. The summed E-state index contributed by atoms with van der Waals surface area (Å²) in [5.41, 5.74) is 9.68. The van der Waals surface area contributed by atoms with Crippen LogP contribution >= 0.6 is 0 Å². The van der Waals surface area contributed by atoms with Crippen molar-refractivity contribution in [3.63, 3.8) is 0 Å². The highest BCUT2D eigenvalue weighted by Crippen LogP contribution is 2.33. The van der Waals surface area contributed by atoms with Gasteiger partial charge in [-0.3, -0.25) is 0 Å². The van der Waals surface area contributed by atoms with Crippen molar-refractivity contribution < 1.29 is 0 Å². The molecule has 2 N–H and O–H groups in total. The van der Waals surface area contributed by atoms with Gasteiger partial charge in [0.1, 0.15) is 0 Å². The highest BCUT2D eigenvalue weighted by Gasteiger charge is 2.15. The maximum absolute atomic E-state index is 5.61. The maximum Gasteiger partial charge on any atom is 0.0178 e. The van der Waals surface area contributed by atoms with Gasteiger partial charge in [0.25, 0.3) is 0 Å². The number of benzene rings is 1. The first-order valence-corrected chi connectivity index (χ1v) is 5.36. The molecule has 0 radical (unpaired) electrons. The average molecular weight is 187 g/mol. The van der Waals surface area contributed by atoms with E-state index in [4.69, 9.17) is 5.73 Å². The van der Waals surface area contributed by atoms with Crippen molar-refractivity contribution in [2.75, 3.05) is 0 Å². The fraction of sp³-hybridized carbons (Fsp3) is 0.385. The molecule has 0 saturated carbocycles. The van der Waals surface area contributed by atoms with Crippen LogP contribution in [0, 0.1) is 0 Å². The first kappa shape index (κ1) is 9.47. The fourth-order valence-electron chi connectivity index (χ4n) is 2.12. The van der Waals surface area contributed by atoms with Crippen LogP contribution in [-0.4, -0.2) is 0 Å². The highest BCUT2D eigenvalue weighted by atomic mass is 14.5. The lowest BCUT2D eigenvalue weighted by Gasteiger charge is -2.10. The van der Waals surface area contributed by atoms with Crippen molar-refractivity contribution in [3.05, 3.63) is 41.0 Å². The zero-order chi connectivity index (χ0) is 9.97. The molecule has 1 aliphatic rings. The summed E-state index contributed by atoms with van der Waals surface area (Å²) in [6.07, 6.45) is 7.04. The molecule has 1 unspecified atom stereocenters. The Morgan fingerprint density at radius 3 is 2.93 bits per heavy atom. The van der Waals surface area contributed by atoms with E-state index in [1.54, 1.807) is 0 Å². The van der Waals surface area contributed by atoms with Gasteiger partial charge in [-0.2, -0.15) is 0 Å². The summed E-state index contributed by atoms with van der Waals surface area (Å²) >= 11 is 0. The zero-order valence-corrected chi connectivity index (χ0v) is 8.66. The quantitative estimate of drug-likeness (QED) is 0.773. The molecule has 0 bridgehead atoms. The number of rotatable bonds is 3. The largest absolute Gasteiger partial charge is 0.326 e. The van der Waals surface area contributed by atoms with E-state index in [0.29, 0.717) is 12.5 Å². The minimum Gasteiger partial charge on any atom is -0.326 e. The number of nitrogens with two attached hydrogens (primary N) is 1. The lowest BCUT2D eigenvalue weighted by Crippen LogP contribution is -1.98. The molecular formula is C13H17N. The minimum absolute atomic E-state index is 0.638. The van der Waals surface area contributed by atoms with Crippen LogP contribution in [0.2, 0.25) is 0 Å². The maximum atomic E-state index is 5.61. The van der Waals surface area contributed by atoms with Crippen LogP contribution in [0.5, 0.6) is 0 Å². The molecule has 1 atom stereocenters. The number of fused-ring (bicyclic) bond motifs is 1. The molecule has 1 heteroatoms. The van der Waals surface area contributed by atoms with E-state index in [9.17, 15) is 0 Å². The summed E-state index contributed by atoms with van der Waals surface area (Å²) in [5, 5.41) is 0. The van der Waals surface area contributed by atoms with Crippen LogP contribution in [0.25, 0.3) is 6.08 Å². The second-order valence-corrected chi connectivity index (χ2v) is 3.92. The van der Waals surface area contributed by atoms with Gasteiger partial charge in [-0.05, 0) is 23.1 Å². The van der Waals surface area contributed by atoms with Crippen LogP contribution in [0.15, 0.2) is 24.3 Å². The van der Waals surface area contributed by atoms with Gasteiger partial charge in [0, 0.05) is 12.5 Å². The van der Waals surface area contributed by atoms with Gasteiger partial charge in [-0.1, -0.05) is 43.7 Å². The molecule has 1 nitrogen and oxygen atoms in total. The molecule has 0 saturated heterocycles. The van der Waals surface area contributed by atoms with Gasteiger partial charge in [0.15, 0.2) is 0 Å². The molecule has 14 heavy (non-hydrogen) atoms. The number of allylic oxidation sites excluding steroid dienone is 1. The second kappa shape index (κ2) is 3.97. The van der Waals surface area contributed by atoms with Crippen molar-refractivity contribution in [2.24, 2.45) is 5.73 Å². The Hall–Kier alpha value is -1.08. The Labute approximate surface area is 85.6 Å². The van der Waals surface area contributed by atoms with Crippen LogP contribution in [0.4, 0.5) is 0 Å². The van der Waals surface area contributed by atoms with E-state index in [-0.39, 0.29) is 0 Å². The minimum atomic E-state index is 0.638. The van der Waals surface area contributed by atoms with Gasteiger partial charge in [-0.15, -0.1) is 0 Å². The van der Waals surface area contributed by atoms with E-state index in [1.807, 2.05) is 0 Å². The van der Waals surface area contributed by atoms with Gasteiger partial charge in [0.2, 0.25) is 0 Å². The van der Waals surface area contributed by atoms with Crippen molar-refractivity contribution in [1.29, 1.82) is 0 Å². The summed E-state index contributed by atoms with van der Waals surface area (Å²) < 4.78 is 0. The Balaban J connectivity index is 2.29. The van der Waals surface area contributed by atoms with Crippen molar-refractivity contribution >= 4 is 6.08 Å². The molecule has 1 aromatic carbocycles. The summed E-state index contributed by atoms with van der Waals surface area (Å²) in [6, 6.07) is 6.59. The first-order valence-electron chi connectivity index (χ1n) is 5.36. The Morgan fingerprint density at radius 2 is 2.21 bits per heavy atom. The predicted molar refractivity (Wildman–Crippen MR) is 61.0 cm³/mol. The first-order chi connectivity index (χ1) is 6.85. The van der Waals surface area contributed by atoms with Crippen molar-refractivity contribution in [2.45, 2.75) is 32.2 Å². The van der Waals surface area contributed by atoms with Gasteiger partial charge in [-0.25, -0.2) is 0 Å². The van der Waals surface area contributed by atoms with Crippen molar-refractivity contribution in [1.82, 2.24) is 0 Å². The third-order valence-corrected chi connectivity index (χ3v) is 2.89. The molecule has 0 amide bonds. The molecule has 0 aliphatic heterocycles. The van der Waals surface area contributed by atoms with Gasteiger partial charge in [0.05, 0.1) is 0 Å². The summed E-state index contributed by atoms with van der Waals surface area (Å²) in [5.74, 6) is 0.641. The lowest BCUT2D eigenvalue weighted by molar-refractivity contribution is 0.725. The predicted octanol–water partition coefficient (Wildman–Crippen LogP) is 3.06. The fourth-order valence-corrected chi connectivity index (χ4v) is 2.12. The molecule has 1 aromatic rings. The van der Waals surface area contributed by atoms with E-state index in [1.165, 1.54) is 29.5 Å². The number of hydrogen-bond acceptors (Lipinski definition) is 1. The summed E-state index contributed by atoms with van der Waals surface area (Å²) in [6.45, 7) is 2.87. The Kier molecular flexibility index (Phi) is 2.69. The summed E-state index contributed by atoms with van der Waals surface area (Å²) in [4.78, 5) is 0. The van der Waals surface area contributed by atoms with Gasteiger partial charge >= 0.3 is 0 Å². The monoisotopic (exact) mass is 187 g/mol. The topological polar surface area (TPSA) is 26.0 Å². The van der Waals surface area contributed by atoms with E-state index in [0.717, 1.165) is 0 Å². The molecule has 0 heterocycles. The standard InChI is InChI=1S/C13H17N/c1-2-3-11-5-6-12-8-10(9-14)4-7-13(11)12/h4-8,11H,2-3,9,14H2,1H3. The molecule has 0 aromatic heterocycles. The lowest BCUT2D eigenvalue weighted by atomic mass is 9.95. The Morgan fingerprint density at radius 1 is 1.36 bits per heavy atom. The molecule has 1 aliphatic carbocycles. The normalized spacial score (nSPS) is 18.6. The molecule has 74 valence electrons. The Bertz CT molecular complexity index is 352. The van der Waals surface area contributed by atoms with E-state index >= 15 is 0 Å².